The fourth-order valence-corrected chi connectivity index (χ4v) is 4.93. The lowest BCUT2D eigenvalue weighted by Gasteiger charge is -2.31. The summed E-state index contributed by atoms with van der Waals surface area (Å²) in [5.41, 5.74) is 2.51. The molecule has 0 spiro atoms. The minimum atomic E-state index is -3.51. The number of nitrogens with one attached hydrogen (secondary N) is 1. The third-order valence-electron chi connectivity index (χ3n) is 3.93. The van der Waals surface area contributed by atoms with Crippen molar-refractivity contribution in [2.24, 2.45) is 0 Å². The van der Waals surface area contributed by atoms with Crippen LogP contribution < -0.4 is 5.32 Å². The number of rotatable bonds is 4. The first kappa shape index (κ1) is 16.1. The molecule has 1 aromatic carbocycles. The lowest BCUT2D eigenvalue weighted by molar-refractivity contribution is -0.117. The van der Waals surface area contributed by atoms with Gasteiger partial charge in [-0.15, -0.1) is 11.3 Å². The van der Waals surface area contributed by atoms with Gasteiger partial charge in [-0.3, -0.25) is 4.79 Å². The number of thiazole rings is 1. The van der Waals surface area contributed by atoms with Gasteiger partial charge >= 0.3 is 0 Å². The van der Waals surface area contributed by atoms with Gasteiger partial charge in [0.1, 0.15) is 0 Å². The van der Waals surface area contributed by atoms with Crippen LogP contribution in [0.25, 0.3) is 10.2 Å². The molecule has 0 bridgehead atoms. The molecule has 1 N–H and O–H groups in total. The number of carbonyl (C=O) groups is 1. The highest BCUT2D eigenvalue weighted by Crippen LogP contribution is 2.25. The average molecular weight is 351 g/mol. The summed E-state index contributed by atoms with van der Waals surface area (Å²) in [6.07, 6.45) is 2.43. The Balaban J connectivity index is 1.73. The highest BCUT2D eigenvalue weighted by Gasteiger charge is 2.29. The van der Waals surface area contributed by atoms with Gasteiger partial charge in [0.2, 0.25) is 15.9 Å². The fourth-order valence-electron chi connectivity index (χ4n) is 2.65. The predicted molar refractivity (Wildman–Crippen MR) is 89.7 cm³/mol. The Morgan fingerprint density at radius 1 is 1.39 bits per heavy atom. The van der Waals surface area contributed by atoms with Gasteiger partial charge in [-0.25, -0.2) is 13.4 Å². The molecule has 1 amide bonds. The van der Waals surface area contributed by atoms with Crippen LogP contribution in [-0.2, 0) is 14.8 Å². The number of hydrogen-bond acceptors (Lipinski definition) is 5. The molecule has 122 valence electrons. The number of carbonyl (C=O) groups excluding carboxylic acids is 1. The zero-order valence-electron chi connectivity index (χ0n) is 12.4. The van der Waals surface area contributed by atoms with E-state index in [0.29, 0.717) is 30.8 Å². The highest BCUT2D eigenvalue weighted by atomic mass is 32.2. The summed E-state index contributed by atoms with van der Waals surface area (Å²) in [5, 5.41) is 2.82. The number of amides is 1. The van der Waals surface area contributed by atoms with Crippen LogP contribution in [0.1, 0.15) is 12.8 Å². The van der Waals surface area contributed by atoms with Gasteiger partial charge in [-0.05, 0) is 37.1 Å². The lowest BCUT2D eigenvalue weighted by atomic mass is 10.1. The summed E-state index contributed by atoms with van der Waals surface area (Å²) in [6.45, 7) is 4.21. The predicted octanol–water partition coefficient (Wildman–Crippen LogP) is 1.75. The van der Waals surface area contributed by atoms with Crippen molar-refractivity contribution in [2.75, 3.05) is 13.1 Å². The summed E-state index contributed by atoms with van der Waals surface area (Å²) >= 11 is 1.42. The Labute approximate surface area is 138 Å². The second kappa shape index (κ2) is 6.38. The normalized spacial score (nSPS) is 17.2. The van der Waals surface area contributed by atoms with Crippen LogP contribution in [0.3, 0.4) is 0 Å². The van der Waals surface area contributed by atoms with Gasteiger partial charge in [-0.2, -0.15) is 4.31 Å². The molecule has 0 unspecified atom stereocenters. The molecule has 2 aromatic rings. The van der Waals surface area contributed by atoms with E-state index in [1.807, 2.05) is 0 Å². The zero-order chi connectivity index (χ0) is 16.4. The molecule has 0 saturated carbocycles. The third kappa shape index (κ3) is 3.29. The highest BCUT2D eigenvalue weighted by molar-refractivity contribution is 7.89. The van der Waals surface area contributed by atoms with Gasteiger partial charge in [-0.1, -0.05) is 6.58 Å². The maximum absolute atomic E-state index is 12.7. The monoisotopic (exact) mass is 351 g/mol. The van der Waals surface area contributed by atoms with E-state index in [4.69, 9.17) is 0 Å². The van der Waals surface area contributed by atoms with Crippen molar-refractivity contribution in [1.29, 1.82) is 0 Å². The standard InChI is InChI=1S/C15H17N3O3S2/c1-2-15(19)17-11-5-7-18(8-6-11)23(20,21)12-3-4-13-14(9-12)22-10-16-13/h2-4,9-11H,1,5-8H2,(H,17,19). The maximum Gasteiger partial charge on any atom is 0.243 e. The van der Waals surface area contributed by atoms with Gasteiger partial charge in [0.15, 0.2) is 0 Å². The van der Waals surface area contributed by atoms with Crippen molar-refractivity contribution in [3.05, 3.63) is 36.4 Å². The van der Waals surface area contributed by atoms with E-state index in [1.54, 1.807) is 23.7 Å². The summed E-state index contributed by atoms with van der Waals surface area (Å²) in [7, 11) is -3.51. The summed E-state index contributed by atoms with van der Waals surface area (Å²) in [4.78, 5) is 15.8. The van der Waals surface area contributed by atoms with Crippen molar-refractivity contribution in [3.63, 3.8) is 0 Å². The largest absolute Gasteiger partial charge is 0.350 e. The summed E-state index contributed by atoms with van der Waals surface area (Å²) in [6, 6.07) is 5.00. The van der Waals surface area contributed by atoms with E-state index in [1.165, 1.54) is 21.7 Å². The van der Waals surface area contributed by atoms with Crippen LogP contribution in [0, 0.1) is 0 Å². The van der Waals surface area contributed by atoms with Gasteiger partial charge < -0.3 is 5.32 Å². The molecule has 0 radical (unpaired) electrons. The number of piperidine rings is 1. The Hall–Kier alpha value is -1.77. The summed E-state index contributed by atoms with van der Waals surface area (Å²) in [5.74, 6) is -0.220. The molecule has 2 heterocycles. The van der Waals surface area contributed by atoms with Crippen LogP contribution in [0.2, 0.25) is 0 Å². The molecular formula is C15H17N3O3S2. The number of aromatic nitrogens is 1. The quantitative estimate of drug-likeness (QED) is 0.851. The van der Waals surface area contributed by atoms with E-state index in [9.17, 15) is 13.2 Å². The van der Waals surface area contributed by atoms with Crippen LogP contribution >= 0.6 is 11.3 Å². The Morgan fingerprint density at radius 3 is 2.83 bits per heavy atom. The second-order valence-corrected chi connectivity index (χ2v) is 8.20. The minimum Gasteiger partial charge on any atom is -0.350 e. The average Bonchev–Trinajstić information content (AvgIpc) is 3.02. The third-order valence-corrected chi connectivity index (χ3v) is 6.61. The number of benzene rings is 1. The zero-order valence-corrected chi connectivity index (χ0v) is 14.1. The Bertz CT molecular complexity index is 837. The van der Waals surface area contributed by atoms with Gasteiger partial charge in [0.25, 0.3) is 0 Å². The fraction of sp³-hybridized carbons (Fsp3) is 0.333. The maximum atomic E-state index is 12.7. The minimum absolute atomic E-state index is 0.00377. The van der Waals surface area contributed by atoms with E-state index < -0.39 is 10.0 Å². The number of fused-ring (bicyclic) bond motifs is 1. The molecule has 1 saturated heterocycles. The van der Waals surface area contributed by atoms with Crippen molar-refractivity contribution >= 4 is 37.5 Å². The molecule has 1 aliphatic heterocycles. The van der Waals surface area contributed by atoms with Crippen LogP contribution in [-0.4, -0.2) is 42.7 Å². The molecule has 0 atom stereocenters. The van der Waals surface area contributed by atoms with Crippen molar-refractivity contribution in [1.82, 2.24) is 14.6 Å². The van der Waals surface area contributed by atoms with Crippen molar-refractivity contribution < 1.29 is 13.2 Å². The molecule has 1 aliphatic rings. The Morgan fingerprint density at radius 2 is 2.13 bits per heavy atom. The molecule has 8 heteroatoms. The number of nitrogens with zero attached hydrogens (tertiary/aromatic N) is 2. The molecule has 1 aromatic heterocycles. The number of hydrogen-bond donors (Lipinski definition) is 1. The first-order chi connectivity index (χ1) is 11.0. The first-order valence-corrected chi connectivity index (χ1v) is 9.59. The molecule has 1 fully saturated rings. The molecule has 23 heavy (non-hydrogen) atoms. The number of sulfonamides is 1. The molecular weight excluding hydrogens is 334 g/mol. The van der Waals surface area contributed by atoms with Crippen LogP contribution in [0.15, 0.2) is 41.3 Å². The van der Waals surface area contributed by atoms with Gasteiger partial charge in [0, 0.05) is 19.1 Å². The molecule has 3 rings (SSSR count). The van der Waals surface area contributed by atoms with Gasteiger partial charge in [0.05, 0.1) is 20.6 Å². The van der Waals surface area contributed by atoms with E-state index in [2.05, 4.69) is 16.9 Å². The Kier molecular flexibility index (Phi) is 4.47. The summed E-state index contributed by atoms with van der Waals surface area (Å²) < 4.78 is 27.8. The van der Waals surface area contributed by atoms with E-state index in [-0.39, 0.29) is 11.9 Å². The van der Waals surface area contributed by atoms with Crippen LogP contribution in [0.5, 0.6) is 0 Å². The molecule has 6 nitrogen and oxygen atoms in total. The topological polar surface area (TPSA) is 79.4 Å². The van der Waals surface area contributed by atoms with E-state index in [0.717, 1.165) is 10.2 Å². The van der Waals surface area contributed by atoms with Crippen molar-refractivity contribution in [2.45, 2.75) is 23.8 Å². The van der Waals surface area contributed by atoms with Crippen LogP contribution in [0.4, 0.5) is 0 Å². The van der Waals surface area contributed by atoms with E-state index >= 15 is 0 Å². The first-order valence-electron chi connectivity index (χ1n) is 7.27. The smallest absolute Gasteiger partial charge is 0.243 e. The SMILES string of the molecule is C=CC(=O)NC1CCN(S(=O)(=O)c2ccc3ncsc3c2)CC1. The van der Waals surface area contributed by atoms with Crippen molar-refractivity contribution in [3.8, 4) is 0 Å². The molecule has 0 aliphatic carbocycles. The lowest BCUT2D eigenvalue weighted by Crippen LogP contribution is -2.46. The second-order valence-electron chi connectivity index (χ2n) is 5.37.